The Kier molecular flexibility index (Phi) is 37.0. The van der Waals surface area contributed by atoms with Crippen LogP contribution in [0.5, 0.6) is 0 Å². The van der Waals surface area contributed by atoms with E-state index in [4.69, 9.17) is 21.1 Å². The van der Waals surface area contributed by atoms with E-state index in [1.165, 1.54) is 27.7 Å². The van der Waals surface area contributed by atoms with Gasteiger partial charge in [-0.1, -0.05) is 41.7 Å². The van der Waals surface area contributed by atoms with E-state index in [9.17, 15) is 96.2 Å². The highest BCUT2D eigenvalue weighted by Gasteiger charge is 2.25. The van der Waals surface area contributed by atoms with Gasteiger partial charge < -0.3 is 15.6 Å². The summed E-state index contributed by atoms with van der Waals surface area (Å²) in [5.41, 5.74) is 10.3. The van der Waals surface area contributed by atoms with Crippen LogP contribution in [-0.4, -0.2) is 56.8 Å². The van der Waals surface area contributed by atoms with E-state index in [-0.39, 0.29) is 66.5 Å². The second-order valence-electron chi connectivity index (χ2n) is 16.0. The van der Waals surface area contributed by atoms with Gasteiger partial charge in [0.2, 0.25) is 0 Å². The molecule has 0 aliphatic carbocycles. The zero-order valence-corrected chi connectivity index (χ0v) is 42.6. The molecule has 31 heteroatoms. The highest BCUT2D eigenvalue weighted by atomic mass is 79.9. The Morgan fingerprint density at radius 1 is 0.556 bits per heavy atom. The highest BCUT2D eigenvalue weighted by molar-refractivity contribution is 9.10. The average molecular weight is 1290 g/mol. The predicted molar refractivity (Wildman–Crippen MR) is 266 cm³/mol. The van der Waals surface area contributed by atoms with Gasteiger partial charge in [-0.15, -0.1) is 0 Å². The Morgan fingerprint density at radius 2 is 0.790 bits per heavy atom. The van der Waals surface area contributed by atoms with Crippen molar-refractivity contribution in [1.82, 2.24) is 0 Å². The standard InChI is InChI=1S/C10H10F4O3S.C9H7F4N3.C9H9F4N.C9H8F4O.C6HBrF4.C3H6O.4CH4/c1-5(17-18(2,15)16)3-6-9(13)7(11)4-8(12)10(6)14;1-4(15-16-14)2-5-8(12)6(10)3-7(11)9(5)13;2*1-4(14)2-5-8(12)6(10)3-7(11)9(5)13;7-4-5(10)2(8)1-3(9)6(4)11;1-3-2-4-3;;;;/h4-5H,3H2,1-2H3;3-4H,2H2,1H3;3-4H,2,14H2,1H3;3-4,14H,2H2,1H3;1H;3H,2H2,1H3;4*1H4/t5-;3*4-;;3-;;;;/m1001.1..../s1. The lowest BCUT2D eigenvalue weighted by Crippen LogP contribution is -2.20. The molecule has 460 valence electrons. The van der Waals surface area contributed by atoms with Gasteiger partial charge in [0, 0.05) is 82.4 Å². The van der Waals surface area contributed by atoms with Crippen LogP contribution in [0, 0.1) is 116 Å². The molecular weight excluding hydrogens is 1230 g/mol. The molecule has 81 heavy (non-hydrogen) atoms. The Morgan fingerprint density at radius 3 is 1.01 bits per heavy atom. The molecule has 1 aliphatic rings. The van der Waals surface area contributed by atoms with Crippen molar-refractivity contribution >= 4 is 26.0 Å². The van der Waals surface area contributed by atoms with Gasteiger partial charge in [-0.2, -0.15) is 8.42 Å². The van der Waals surface area contributed by atoms with Crippen molar-refractivity contribution in [3.8, 4) is 0 Å². The van der Waals surface area contributed by atoms with Gasteiger partial charge in [-0.25, -0.2) is 87.8 Å². The summed E-state index contributed by atoms with van der Waals surface area (Å²) in [6, 6.07) is -0.695. The van der Waals surface area contributed by atoms with E-state index < -0.39 is 197 Å². The second kappa shape index (κ2) is 36.7. The van der Waals surface area contributed by atoms with E-state index >= 15 is 0 Å². The van der Waals surface area contributed by atoms with Crippen molar-refractivity contribution in [3.63, 3.8) is 0 Å². The van der Waals surface area contributed by atoms with Crippen LogP contribution in [0.1, 0.15) is 86.6 Å². The number of aliphatic hydroxyl groups excluding tert-OH is 1. The zero-order chi connectivity index (χ0) is 59.7. The molecule has 0 unspecified atom stereocenters. The fraction of sp³-hybridized carbons (Fsp3) is 0.400. The Balaban J connectivity index is -0.000000446. The number of nitrogens with zero attached hydrogens (tertiary/aromatic N) is 3. The van der Waals surface area contributed by atoms with Crippen LogP contribution in [0.15, 0.2) is 39.9 Å². The number of hydrogen-bond donors (Lipinski definition) is 2. The van der Waals surface area contributed by atoms with E-state index in [0.29, 0.717) is 6.10 Å². The molecule has 5 atom stereocenters. The summed E-state index contributed by atoms with van der Waals surface area (Å²) in [4.78, 5) is 2.43. The first-order chi connectivity index (χ1) is 35.4. The largest absolute Gasteiger partial charge is 0.393 e. The molecule has 0 spiro atoms. The first kappa shape index (κ1) is 81.8. The molecule has 0 bridgehead atoms. The van der Waals surface area contributed by atoms with Gasteiger partial charge in [0.15, 0.2) is 116 Å². The van der Waals surface area contributed by atoms with Crippen LogP contribution >= 0.6 is 15.9 Å². The molecule has 5 aromatic rings. The van der Waals surface area contributed by atoms with Crippen molar-refractivity contribution in [3.05, 3.63) is 184 Å². The lowest BCUT2D eigenvalue weighted by Gasteiger charge is -2.12. The minimum absolute atomic E-state index is 0. The molecule has 1 saturated heterocycles. The molecule has 1 heterocycles. The number of halogens is 21. The summed E-state index contributed by atoms with van der Waals surface area (Å²) >= 11 is 2.35. The maximum absolute atomic E-state index is 13.2. The third-order valence-corrected chi connectivity index (χ3v) is 10.3. The molecule has 1 fully saturated rings. The average Bonchev–Trinajstić information content (AvgIpc) is 4.12. The van der Waals surface area contributed by atoms with E-state index in [2.05, 4.69) is 37.1 Å². The summed E-state index contributed by atoms with van der Waals surface area (Å²) in [6.45, 7) is 8.38. The van der Waals surface area contributed by atoms with Gasteiger partial charge in [-0.3, -0.25) is 4.18 Å². The lowest BCUT2D eigenvalue weighted by atomic mass is 10.1. The first-order valence-electron chi connectivity index (χ1n) is 21.1. The summed E-state index contributed by atoms with van der Waals surface area (Å²) < 4.78 is 285. The number of hydrogen-bond acceptors (Lipinski definition) is 7. The number of rotatable bonds is 11. The normalized spacial score (nSPS) is 13.3. The molecule has 0 radical (unpaired) electrons. The maximum atomic E-state index is 13.2. The van der Waals surface area contributed by atoms with Gasteiger partial charge in [0.05, 0.1) is 35.6 Å². The molecule has 5 aromatic carbocycles. The minimum atomic E-state index is -3.82. The SMILES string of the molecule is C.C.C.C.C[C@@H](Cc1c(F)c(F)cc(F)c1F)N=[N+]=[N-].C[C@@H](O)Cc1c(F)c(F)cc(F)c1F.C[C@@H]1CO1.C[C@H](Cc1c(F)c(F)cc(F)c1F)OS(C)(=O)=O.C[C@H](N)Cc1c(F)c(F)cc(F)c1F.Fc1cc(F)c(F)c(Br)c1F. The number of ether oxygens (including phenoxy) is 1. The fourth-order valence-electron chi connectivity index (χ4n) is 5.51. The molecular formula is C50H57BrF20N4O5S. The summed E-state index contributed by atoms with van der Waals surface area (Å²) in [5.74, 6) is -29.1. The van der Waals surface area contributed by atoms with Crippen LogP contribution in [0.4, 0.5) is 87.8 Å². The summed E-state index contributed by atoms with van der Waals surface area (Å²) in [5, 5.41) is 12.0. The van der Waals surface area contributed by atoms with Crippen molar-refractivity contribution in [2.24, 2.45) is 10.8 Å². The van der Waals surface area contributed by atoms with Gasteiger partial charge >= 0.3 is 0 Å². The Labute approximate surface area is 463 Å². The minimum Gasteiger partial charge on any atom is -0.393 e. The predicted octanol–water partition coefficient (Wildman–Crippen LogP) is 15.9. The number of epoxide rings is 1. The first-order valence-corrected chi connectivity index (χ1v) is 23.7. The molecule has 6 rings (SSSR count). The molecule has 0 aromatic heterocycles. The zero-order valence-electron chi connectivity index (χ0n) is 40.2. The van der Waals surface area contributed by atoms with Crippen molar-refractivity contribution in [2.45, 2.75) is 120 Å². The quantitative estimate of drug-likeness (QED) is 0.0196. The van der Waals surface area contributed by atoms with Gasteiger partial charge in [0.25, 0.3) is 10.1 Å². The Hall–Kier alpha value is -5.72. The van der Waals surface area contributed by atoms with E-state index in [1.807, 2.05) is 0 Å². The van der Waals surface area contributed by atoms with Crippen LogP contribution in [0.2, 0.25) is 0 Å². The molecule has 9 nitrogen and oxygen atoms in total. The number of aliphatic hydroxyl groups is 1. The fourth-order valence-corrected chi connectivity index (χ4v) is 6.55. The molecule has 0 saturated carbocycles. The van der Waals surface area contributed by atoms with Crippen molar-refractivity contribution < 1.29 is 110 Å². The van der Waals surface area contributed by atoms with Crippen LogP contribution in [0.25, 0.3) is 10.4 Å². The van der Waals surface area contributed by atoms with Gasteiger partial charge in [-0.05, 0) is 62.0 Å². The summed E-state index contributed by atoms with van der Waals surface area (Å²) in [7, 11) is -3.82. The van der Waals surface area contributed by atoms with Crippen molar-refractivity contribution in [1.29, 1.82) is 0 Å². The highest BCUT2D eigenvalue weighted by Crippen LogP contribution is 2.26. The number of nitrogens with two attached hydrogens (primary N) is 1. The molecule has 0 amide bonds. The monoisotopic (exact) mass is 1280 g/mol. The van der Waals surface area contributed by atoms with Crippen LogP contribution in [-0.2, 0) is 44.7 Å². The topological polar surface area (TPSA) is 151 Å². The second-order valence-corrected chi connectivity index (χ2v) is 18.4. The van der Waals surface area contributed by atoms with Crippen LogP contribution in [0.3, 0.4) is 0 Å². The maximum Gasteiger partial charge on any atom is 0.264 e. The van der Waals surface area contributed by atoms with Gasteiger partial charge in [0.1, 0.15) is 0 Å². The van der Waals surface area contributed by atoms with E-state index in [0.717, 1.165) is 12.9 Å². The Bertz CT molecular complexity index is 2810. The van der Waals surface area contributed by atoms with Crippen molar-refractivity contribution in [2.75, 3.05) is 12.9 Å². The lowest BCUT2D eigenvalue weighted by molar-refractivity contribution is 0.191. The number of azide groups is 1. The van der Waals surface area contributed by atoms with Crippen LogP contribution < -0.4 is 5.73 Å². The third kappa shape index (κ3) is 26.4. The molecule has 1 aliphatic heterocycles. The molecule has 3 N–H and O–H groups in total. The smallest absolute Gasteiger partial charge is 0.264 e. The third-order valence-electron chi connectivity index (χ3n) is 8.97. The van der Waals surface area contributed by atoms with E-state index in [1.54, 1.807) is 0 Å². The number of benzene rings is 5. The summed E-state index contributed by atoms with van der Waals surface area (Å²) in [6.07, 6.45) is -2.61.